The Kier molecular flexibility index (Phi) is 3.47. The first kappa shape index (κ1) is 10.5. The molecule has 0 saturated heterocycles. The van der Waals surface area contributed by atoms with Crippen LogP contribution in [0.4, 0.5) is 0 Å². The molecule has 1 aromatic heterocycles. The van der Waals surface area contributed by atoms with Crippen LogP contribution in [0.1, 0.15) is 31.1 Å². The maximum Gasteiger partial charge on any atom is 0.0931 e. The monoisotopic (exact) mass is 229 g/mol. The second-order valence-electron chi connectivity index (χ2n) is 4.10. The van der Waals surface area contributed by atoms with Gasteiger partial charge in [-0.2, -0.15) is 0 Å². The molecule has 0 aliphatic heterocycles. The van der Waals surface area contributed by atoms with Crippen LogP contribution in [0.5, 0.6) is 0 Å². The molecule has 1 aliphatic carbocycles. The Bertz CT molecular complexity index is 297. The van der Waals surface area contributed by atoms with Crippen LogP contribution in [0.3, 0.4) is 0 Å². The quantitative estimate of drug-likeness (QED) is 0.834. The van der Waals surface area contributed by atoms with Crippen molar-refractivity contribution in [3.63, 3.8) is 0 Å². The predicted molar refractivity (Wildman–Crippen MR) is 63.0 cm³/mol. The van der Waals surface area contributed by atoms with E-state index < -0.39 is 0 Å². The van der Waals surface area contributed by atoms with Crippen molar-refractivity contribution in [1.29, 1.82) is 0 Å². The number of hydrogen-bond donors (Lipinski definition) is 1. The van der Waals surface area contributed by atoms with E-state index in [1.54, 1.807) is 11.3 Å². The molecule has 0 bridgehead atoms. The largest absolute Gasteiger partial charge is 0.309 e. The second kappa shape index (κ2) is 4.65. The molecule has 78 valence electrons. The van der Waals surface area contributed by atoms with Crippen molar-refractivity contribution in [3.05, 3.63) is 21.3 Å². The Morgan fingerprint density at radius 3 is 2.93 bits per heavy atom. The van der Waals surface area contributed by atoms with Crippen LogP contribution < -0.4 is 5.32 Å². The highest BCUT2D eigenvalue weighted by atomic mass is 35.5. The average molecular weight is 230 g/mol. The molecule has 2 rings (SSSR count). The van der Waals surface area contributed by atoms with Crippen LogP contribution in [0.25, 0.3) is 0 Å². The lowest BCUT2D eigenvalue weighted by Crippen LogP contribution is -2.30. The van der Waals surface area contributed by atoms with E-state index in [1.807, 2.05) is 6.07 Å². The summed E-state index contributed by atoms with van der Waals surface area (Å²) in [5.41, 5.74) is 0. The first-order valence-electron chi connectivity index (χ1n) is 5.23. The summed E-state index contributed by atoms with van der Waals surface area (Å²) in [7, 11) is 0. The van der Waals surface area contributed by atoms with Crippen molar-refractivity contribution in [3.8, 4) is 0 Å². The number of nitrogens with one attached hydrogen (secondary N) is 1. The molecule has 0 radical (unpaired) electrons. The van der Waals surface area contributed by atoms with E-state index in [9.17, 15) is 0 Å². The van der Waals surface area contributed by atoms with Crippen molar-refractivity contribution in [2.24, 2.45) is 5.92 Å². The van der Waals surface area contributed by atoms with Gasteiger partial charge in [0.1, 0.15) is 0 Å². The van der Waals surface area contributed by atoms with Crippen LogP contribution >= 0.6 is 22.9 Å². The standard InChI is InChI=1S/C11H16ClNS/c1-8-3-2-4-10(8)13-7-9-5-6-11(12)14-9/h5-6,8,10,13H,2-4,7H2,1H3. The second-order valence-corrected chi connectivity index (χ2v) is 5.90. The Morgan fingerprint density at radius 1 is 1.50 bits per heavy atom. The molecule has 2 unspecified atom stereocenters. The lowest BCUT2D eigenvalue weighted by molar-refractivity contribution is 0.427. The van der Waals surface area contributed by atoms with Crippen LogP contribution in [0.2, 0.25) is 4.34 Å². The predicted octanol–water partition coefficient (Wildman–Crippen LogP) is 3.68. The molecular formula is C11H16ClNS. The Hall–Kier alpha value is -0.0500. The molecule has 1 nitrogen and oxygen atoms in total. The molecular weight excluding hydrogens is 214 g/mol. The third-order valence-electron chi connectivity index (χ3n) is 3.03. The fourth-order valence-corrected chi connectivity index (χ4v) is 3.17. The lowest BCUT2D eigenvalue weighted by Gasteiger charge is -2.16. The zero-order valence-corrected chi connectivity index (χ0v) is 10.00. The summed E-state index contributed by atoms with van der Waals surface area (Å²) in [5.74, 6) is 0.838. The van der Waals surface area contributed by atoms with Gasteiger partial charge in [-0.3, -0.25) is 0 Å². The first-order valence-corrected chi connectivity index (χ1v) is 6.43. The summed E-state index contributed by atoms with van der Waals surface area (Å²) >= 11 is 7.55. The number of thiophene rings is 1. The van der Waals surface area contributed by atoms with Gasteiger partial charge in [-0.15, -0.1) is 11.3 Å². The molecule has 0 aromatic carbocycles. The highest BCUT2D eigenvalue weighted by Gasteiger charge is 2.22. The summed E-state index contributed by atoms with van der Waals surface area (Å²) in [4.78, 5) is 1.34. The molecule has 14 heavy (non-hydrogen) atoms. The number of hydrogen-bond acceptors (Lipinski definition) is 2. The van der Waals surface area contributed by atoms with Crippen LogP contribution in [0, 0.1) is 5.92 Å². The van der Waals surface area contributed by atoms with Gasteiger partial charge in [-0.25, -0.2) is 0 Å². The van der Waals surface area contributed by atoms with Gasteiger partial charge in [0, 0.05) is 17.5 Å². The topological polar surface area (TPSA) is 12.0 Å². The third kappa shape index (κ3) is 2.50. The van der Waals surface area contributed by atoms with Gasteiger partial charge in [0.25, 0.3) is 0 Å². The average Bonchev–Trinajstić information content (AvgIpc) is 2.72. The maximum absolute atomic E-state index is 5.88. The van der Waals surface area contributed by atoms with Crippen molar-refractivity contribution in [2.45, 2.75) is 38.8 Å². The van der Waals surface area contributed by atoms with E-state index in [2.05, 4.69) is 18.3 Å². The van der Waals surface area contributed by atoms with Gasteiger partial charge in [-0.05, 0) is 30.9 Å². The smallest absolute Gasteiger partial charge is 0.0931 e. The minimum atomic E-state index is 0.718. The van der Waals surface area contributed by atoms with Gasteiger partial charge in [0.15, 0.2) is 0 Å². The van der Waals surface area contributed by atoms with Crippen molar-refractivity contribution in [2.75, 3.05) is 0 Å². The zero-order chi connectivity index (χ0) is 9.97. The summed E-state index contributed by atoms with van der Waals surface area (Å²) in [6.07, 6.45) is 4.09. The van der Waals surface area contributed by atoms with Crippen LogP contribution in [-0.4, -0.2) is 6.04 Å². The molecule has 1 fully saturated rings. The van der Waals surface area contributed by atoms with Gasteiger partial charge in [0.05, 0.1) is 4.34 Å². The van der Waals surface area contributed by atoms with Crippen LogP contribution in [-0.2, 0) is 6.54 Å². The maximum atomic E-state index is 5.88. The third-order valence-corrected chi connectivity index (χ3v) is 4.26. The molecule has 2 atom stereocenters. The van der Waals surface area contributed by atoms with Gasteiger partial charge >= 0.3 is 0 Å². The van der Waals surface area contributed by atoms with Crippen molar-refractivity contribution < 1.29 is 0 Å². The van der Waals surface area contributed by atoms with Gasteiger partial charge in [0.2, 0.25) is 0 Å². The van der Waals surface area contributed by atoms with E-state index in [1.165, 1.54) is 24.1 Å². The number of halogens is 1. The Labute approximate surface area is 94.5 Å². The van der Waals surface area contributed by atoms with E-state index in [-0.39, 0.29) is 0 Å². The first-order chi connectivity index (χ1) is 6.75. The molecule has 1 aromatic rings. The molecule has 1 saturated carbocycles. The molecule has 1 N–H and O–H groups in total. The van der Waals surface area contributed by atoms with Crippen LogP contribution in [0.15, 0.2) is 12.1 Å². The Balaban J connectivity index is 1.82. The summed E-state index contributed by atoms with van der Waals surface area (Å²) in [5, 5.41) is 3.61. The van der Waals surface area contributed by atoms with E-state index in [0.717, 1.165) is 22.8 Å². The van der Waals surface area contributed by atoms with Gasteiger partial charge < -0.3 is 5.32 Å². The molecule has 1 aliphatic rings. The normalized spacial score (nSPS) is 27.0. The summed E-state index contributed by atoms with van der Waals surface area (Å²) in [6, 6.07) is 4.80. The van der Waals surface area contributed by atoms with E-state index in [0.29, 0.717) is 0 Å². The highest BCUT2D eigenvalue weighted by Crippen LogP contribution is 2.26. The minimum Gasteiger partial charge on any atom is -0.309 e. The lowest BCUT2D eigenvalue weighted by atomic mass is 10.1. The molecule has 1 heterocycles. The van der Waals surface area contributed by atoms with Gasteiger partial charge in [-0.1, -0.05) is 24.9 Å². The fraction of sp³-hybridized carbons (Fsp3) is 0.636. The Morgan fingerprint density at radius 2 is 2.36 bits per heavy atom. The summed E-state index contributed by atoms with van der Waals surface area (Å²) in [6.45, 7) is 3.32. The highest BCUT2D eigenvalue weighted by molar-refractivity contribution is 7.16. The van der Waals surface area contributed by atoms with Crippen molar-refractivity contribution in [1.82, 2.24) is 5.32 Å². The fourth-order valence-electron chi connectivity index (χ4n) is 2.13. The molecule has 0 amide bonds. The minimum absolute atomic E-state index is 0.718. The SMILES string of the molecule is CC1CCCC1NCc1ccc(Cl)s1. The molecule has 0 spiro atoms. The number of rotatable bonds is 3. The van der Waals surface area contributed by atoms with E-state index >= 15 is 0 Å². The van der Waals surface area contributed by atoms with E-state index in [4.69, 9.17) is 11.6 Å². The zero-order valence-electron chi connectivity index (χ0n) is 8.42. The van der Waals surface area contributed by atoms with Crippen molar-refractivity contribution >= 4 is 22.9 Å². The molecule has 3 heteroatoms. The summed E-state index contributed by atoms with van der Waals surface area (Å²) < 4.78 is 0.890.